The summed E-state index contributed by atoms with van der Waals surface area (Å²) in [6.07, 6.45) is 0.881. The fourth-order valence-electron chi connectivity index (χ4n) is 2.69. The van der Waals surface area contributed by atoms with Crippen LogP contribution in [0.25, 0.3) is 0 Å². The third kappa shape index (κ3) is 5.32. The summed E-state index contributed by atoms with van der Waals surface area (Å²) in [6, 6.07) is 0.154. The second-order valence-corrected chi connectivity index (χ2v) is 6.84. The van der Waals surface area contributed by atoms with Gasteiger partial charge >= 0.3 is 0 Å². The van der Waals surface area contributed by atoms with Crippen LogP contribution in [0, 0.1) is 12.8 Å². The Labute approximate surface area is 130 Å². The Morgan fingerprint density at radius 1 is 1.19 bits per heavy atom. The highest BCUT2D eigenvalue weighted by atomic mass is 15.4. The summed E-state index contributed by atoms with van der Waals surface area (Å²) >= 11 is 0. The molecular weight excluding hydrogens is 262 g/mol. The maximum atomic E-state index is 6.03. The van der Waals surface area contributed by atoms with Crippen molar-refractivity contribution in [2.24, 2.45) is 18.7 Å². The molecule has 1 heterocycles. The van der Waals surface area contributed by atoms with Crippen molar-refractivity contribution in [2.45, 2.75) is 40.2 Å². The number of nitrogens with zero attached hydrogens (tertiary/aromatic N) is 4. The molecule has 1 unspecified atom stereocenters. The van der Waals surface area contributed by atoms with Crippen molar-refractivity contribution in [2.75, 3.05) is 38.6 Å². The third-order valence-corrected chi connectivity index (χ3v) is 3.54. The Balaban J connectivity index is 3.09. The quantitative estimate of drug-likeness (QED) is 0.792. The van der Waals surface area contributed by atoms with Crippen molar-refractivity contribution in [3.63, 3.8) is 0 Å². The van der Waals surface area contributed by atoms with Gasteiger partial charge in [-0.2, -0.15) is 5.10 Å². The largest absolute Gasteiger partial charge is 0.355 e. The molecule has 1 rings (SSSR count). The first-order valence-corrected chi connectivity index (χ1v) is 7.90. The molecule has 0 aliphatic rings. The molecule has 0 aromatic carbocycles. The average molecular weight is 295 g/mol. The van der Waals surface area contributed by atoms with Crippen LogP contribution in [0.15, 0.2) is 0 Å². The standard InChI is InChI=1S/C16H33N5/c1-12(2)11-21(9-8-19(5)6)16-15(10-13(3)17)14(4)18-20(16)7/h12-13H,8-11,17H2,1-7H3. The van der Waals surface area contributed by atoms with E-state index in [0.29, 0.717) is 5.92 Å². The molecule has 0 bridgehead atoms. The van der Waals surface area contributed by atoms with E-state index in [-0.39, 0.29) is 6.04 Å². The van der Waals surface area contributed by atoms with Gasteiger partial charge in [-0.1, -0.05) is 13.8 Å². The zero-order valence-electron chi connectivity index (χ0n) is 14.8. The molecule has 2 N–H and O–H groups in total. The molecule has 1 aromatic heterocycles. The summed E-state index contributed by atoms with van der Waals surface area (Å²) in [5.41, 5.74) is 8.43. The van der Waals surface area contributed by atoms with Gasteiger partial charge in [-0.3, -0.25) is 4.68 Å². The van der Waals surface area contributed by atoms with E-state index >= 15 is 0 Å². The van der Waals surface area contributed by atoms with Crippen LogP contribution in [0.3, 0.4) is 0 Å². The first kappa shape index (κ1) is 18.0. The zero-order chi connectivity index (χ0) is 16.2. The molecule has 122 valence electrons. The molecule has 0 radical (unpaired) electrons. The number of aromatic nitrogens is 2. The number of likely N-dealkylation sites (N-methyl/N-ethyl adjacent to an activating group) is 1. The first-order valence-electron chi connectivity index (χ1n) is 7.90. The molecule has 0 fully saturated rings. The molecule has 1 atom stereocenters. The fraction of sp³-hybridized carbons (Fsp3) is 0.812. The normalized spacial score (nSPS) is 13.2. The van der Waals surface area contributed by atoms with Crippen molar-refractivity contribution < 1.29 is 0 Å². The summed E-state index contributed by atoms with van der Waals surface area (Å²) in [4.78, 5) is 4.68. The van der Waals surface area contributed by atoms with E-state index in [2.05, 4.69) is 56.7 Å². The molecule has 1 aromatic rings. The highest BCUT2D eigenvalue weighted by Gasteiger charge is 2.20. The van der Waals surface area contributed by atoms with Crippen LogP contribution >= 0.6 is 0 Å². The van der Waals surface area contributed by atoms with E-state index in [1.807, 2.05) is 11.7 Å². The number of nitrogens with two attached hydrogens (primary N) is 1. The minimum Gasteiger partial charge on any atom is -0.355 e. The Kier molecular flexibility index (Phi) is 6.68. The van der Waals surface area contributed by atoms with Gasteiger partial charge in [0.05, 0.1) is 5.69 Å². The Hall–Kier alpha value is -1.07. The van der Waals surface area contributed by atoms with Gasteiger partial charge in [0.25, 0.3) is 0 Å². The van der Waals surface area contributed by atoms with Crippen LogP contribution in [0.5, 0.6) is 0 Å². The van der Waals surface area contributed by atoms with E-state index < -0.39 is 0 Å². The minimum atomic E-state index is 0.154. The molecule has 0 saturated carbocycles. The van der Waals surface area contributed by atoms with E-state index in [1.54, 1.807) is 0 Å². The van der Waals surface area contributed by atoms with Crippen molar-refractivity contribution in [3.05, 3.63) is 11.3 Å². The number of aryl methyl sites for hydroxylation is 2. The lowest BCUT2D eigenvalue weighted by molar-refractivity contribution is 0.407. The maximum absolute atomic E-state index is 6.03. The molecule has 5 heteroatoms. The highest BCUT2D eigenvalue weighted by Crippen LogP contribution is 2.25. The molecule has 0 amide bonds. The molecule has 21 heavy (non-hydrogen) atoms. The van der Waals surface area contributed by atoms with E-state index in [1.165, 1.54) is 11.4 Å². The van der Waals surface area contributed by atoms with Crippen molar-refractivity contribution in [1.82, 2.24) is 14.7 Å². The molecule has 0 spiro atoms. The van der Waals surface area contributed by atoms with E-state index in [4.69, 9.17) is 5.73 Å². The Bertz CT molecular complexity index is 434. The SMILES string of the molecule is Cc1nn(C)c(N(CCN(C)C)CC(C)C)c1CC(C)N. The monoisotopic (exact) mass is 295 g/mol. The molecule has 0 aliphatic heterocycles. The lowest BCUT2D eigenvalue weighted by Crippen LogP contribution is -2.36. The topological polar surface area (TPSA) is 50.3 Å². The second-order valence-electron chi connectivity index (χ2n) is 6.84. The Morgan fingerprint density at radius 3 is 2.29 bits per heavy atom. The van der Waals surface area contributed by atoms with E-state index in [9.17, 15) is 0 Å². The summed E-state index contributed by atoms with van der Waals surface area (Å²) in [6.45, 7) is 11.8. The van der Waals surface area contributed by atoms with Crippen molar-refractivity contribution in [1.29, 1.82) is 0 Å². The van der Waals surface area contributed by atoms with Gasteiger partial charge in [0.15, 0.2) is 0 Å². The summed E-state index contributed by atoms with van der Waals surface area (Å²) in [5.74, 6) is 1.85. The number of hydrogen-bond acceptors (Lipinski definition) is 4. The maximum Gasteiger partial charge on any atom is 0.130 e. The van der Waals surface area contributed by atoms with Gasteiger partial charge in [0, 0.05) is 38.3 Å². The molecular formula is C16H33N5. The number of rotatable bonds is 8. The lowest BCUT2D eigenvalue weighted by atomic mass is 10.1. The average Bonchev–Trinajstić information content (AvgIpc) is 2.58. The predicted molar refractivity (Wildman–Crippen MR) is 90.9 cm³/mol. The van der Waals surface area contributed by atoms with Crippen LogP contribution in [0.2, 0.25) is 0 Å². The van der Waals surface area contributed by atoms with Crippen LogP contribution in [0.1, 0.15) is 32.0 Å². The van der Waals surface area contributed by atoms with Crippen molar-refractivity contribution in [3.8, 4) is 0 Å². The van der Waals surface area contributed by atoms with Gasteiger partial charge in [-0.25, -0.2) is 0 Å². The van der Waals surface area contributed by atoms with E-state index in [0.717, 1.165) is 31.7 Å². The van der Waals surface area contributed by atoms with Crippen LogP contribution < -0.4 is 10.6 Å². The summed E-state index contributed by atoms with van der Waals surface area (Å²) in [7, 11) is 6.27. The summed E-state index contributed by atoms with van der Waals surface area (Å²) < 4.78 is 2.02. The van der Waals surface area contributed by atoms with Crippen molar-refractivity contribution >= 4 is 5.82 Å². The van der Waals surface area contributed by atoms with Gasteiger partial charge in [0.1, 0.15) is 5.82 Å². The third-order valence-electron chi connectivity index (χ3n) is 3.54. The van der Waals surface area contributed by atoms with Crippen LogP contribution in [-0.2, 0) is 13.5 Å². The van der Waals surface area contributed by atoms with Gasteiger partial charge in [0.2, 0.25) is 0 Å². The zero-order valence-corrected chi connectivity index (χ0v) is 14.8. The minimum absolute atomic E-state index is 0.154. The van der Waals surface area contributed by atoms with Crippen LogP contribution in [-0.4, -0.2) is 54.5 Å². The predicted octanol–water partition coefficient (Wildman–Crippen LogP) is 1.64. The molecule has 5 nitrogen and oxygen atoms in total. The fourth-order valence-corrected chi connectivity index (χ4v) is 2.69. The molecule has 0 saturated heterocycles. The second kappa shape index (κ2) is 7.80. The van der Waals surface area contributed by atoms with Gasteiger partial charge < -0.3 is 15.5 Å². The summed E-state index contributed by atoms with van der Waals surface area (Å²) in [5, 5.41) is 4.63. The lowest BCUT2D eigenvalue weighted by Gasteiger charge is -2.29. The number of hydrogen-bond donors (Lipinski definition) is 1. The highest BCUT2D eigenvalue weighted by molar-refractivity contribution is 5.50. The van der Waals surface area contributed by atoms with Gasteiger partial charge in [-0.05, 0) is 40.3 Å². The smallest absolute Gasteiger partial charge is 0.130 e. The Morgan fingerprint density at radius 2 is 1.81 bits per heavy atom. The molecule has 0 aliphatic carbocycles. The first-order chi connectivity index (χ1) is 9.72. The number of anilines is 1. The van der Waals surface area contributed by atoms with Gasteiger partial charge in [-0.15, -0.1) is 0 Å². The van der Waals surface area contributed by atoms with Crippen LogP contribution in [0.4, 0.5) is 5.82 Å².